The standard InChI is InChI=1S/C14H21N3O3/c1-4-12(10-5-7-11(20-3)8-6-10)16-9(2)13(18)17-14(15)19/h5-9,12,16H,4H2,1-3H3,(H3,15,17,18,19)/t9-,12+/m1/s1. The third-order valence-electron chi connectivity index (χ3n) is 3.02. The van der Waals surface area contributed by atoms with Crippen molar-refractivity contribution >= 4 is 11.9 Å². The molecule has 0 spiro atoms. The molecule has 1 rings (SSSR count). The SMILES string of the molecule is CC[C@H](N[C@H](C)C(=O)NC(N)=O)c1ccc(OC)cc1. The van der Waals surface area contributed by atoms with E-state index in [1.807, 2.05) is 31.2 Å². The second-order valence-electron chi connectivity index (χ2n) is 4.48. The molecule has 6 nitrogen and oxygen atoms in total. The van der Waals surface area contributed by atoms with E-state index in [9.17, 15) is 9.59 Å². The molecule has 0 unspecified atom stereocenters. The molecule has 0 radical (unpaired) electrons. The summed E-state index contributed by atoms with van der Waals surface area (Å²) in [6, 6.07) is 6.27. The summed E-state index contributed by atoms with van der Waals surface area (Å²) in [6.07, 6.45) is 0.806. The van der Waals surface area contributed by atoms with Gasteiger partial charge in [-0.2, -0.15) is 0 Å². The first-order chi connectivity index (χ1) is 9.47. The average molecular weight is 279 g/mol. The highest BCUT2D eigenvalue weighted by Crippen LogP contribution is 2.20. The van der Waals surface area contributed by atoms with Crippen LogP contribution in [0.4, 0.5) is 4.79 Å². The highest BCUT2D eigenvalue weighted by molar-refractivity contribution is 5.96. The lowest BCUT2D eigenvalue weighted by atomic mass is 10.0. The van der Waals surface area contributed by atoms with Gasteiger partial charge in [0.1, 0.15) is 5.75 Å². The largest absolute Gasteiger partial charge is 0.497 e. The predicted molar refractivity (Wildman–Crippen MR) is 76.3 cm³/mol. The monoisotopic (exact) mass is 279 g/mol. The van der Waals surface area contributed by atoms with Gasteiger partial charge in [-0.25, -0.2) is 4.79 Å². The van der Waals surface area contributed by atoms with Crippen molar-refractivity contribution in [3.05, 3.63) is 29.8 Å². The molecule has 0 bridgehead atoms. The number of benzene rings is 1. The Hall–Kier alpha value is -2.08. The Morgan fingerprint density at radius 3 is 2.35 bits per heavy atom. The Balaban J connectivity index is 2.70. The number of hydrogen-bond donors (Lipinski definition) is 3. The zero-order chi connectivity index (χ0) is 15.1. The van der Waals surface area contributed by atoms with Crippen LogP contribution in [0, 0.1) is 0 Å². The van der Waals surface area contributed by atoms with Gasteiger partial charge in [0.15, 0.2) is 0 Å². The lowest BCUT2D eigenvalue weighted by Crippen LogP contribution is -2.47. The summed E-state index contributed by atoms with van der Waals surface area (Å²) in [5, 5.41) is 5.22. The van der Waals surface area contributed by atoms with Crippen LogP contribution < -0.4 is 21.1 Å². The highest BCUT2D eigenvalue weighted by atomic mass is 16.5. The van der Waals surface area contributed by atoms with Crippen LogP contribution in [0.15, 0.2) is 24.3 Å². The minimum atomic E-state index is -0.846. The van der Waals surface area contributed by atoms with Crippen LogP contribution in [0.2, 0.25) is 0 Å². The predicted octanol–water partition coefficient (Wildman–Crippen LogP) is 1.32. The van der Waals surface area contributed by atoms with Gasteiger partial charge in [-0.05, 0) is 31.0 Å². The van der Waals surface area contributed by atoms with Crippen LogP contribution in [0.3, 0.4) is 0 Å². The average Bonchev–Trinajstić information content (AvgIpc) is 2.43. The van der Waals surface area contributed by atoms with Gasteiger partial charge in [-0.3, -0.25) is 15.4 Å². The molecule has 4 N–H and O–H groups in total. The molecule has 1 aromatic rings. The smallest absolute Gasteiger partial charge is 0.318 e. The number of amides is 3. The van der Waals surface area contributed by atoms with Crippen molar-refractivity contribution < 1.29 is 14.3 Å². The van der Waals surface area contributed by atoms with Crippen molar-refractivity contribution in [1.82, 2.24) is 10.6 Å². The van der Waals surface area contributed by atoms with E-state index in [1.165, 1.54) is 0 Å². The van der Waals surface area contributed by atoms with Crippen molar-refractivity contribution in [3.8, 4) is 5.75 Å². The van der Waals surface area contributed by atoms with Crippen LogP contribution in [0.5, 0.6) is 5.75 Å². The van der Waals surface area contributed by atoms with E-state index < -0.39 is 18.0 Å². The van der Waals surface area contributed by atoms with E-state index in [1.54, 1.807) is 14.0 Å². The molecular formula is C14H21N3O3. The zero-order valence-electron chi connectivity index (χ0n) is 12.0. The Morgan fingerprint density at radius 1 is 1.30 bits per heavy atom. The molecule has 0 aliphatic carbocycles. The first-order valence-corrected chi connectivity index (χ1v) is 6.48. The molecule has 0 aliphatic rings. The van der Waals surface area contributed by atoms with E-state index in [-0.39, 0.29) is 6.04 Å². The van der Waals surface area contributed by atoms with E-state index in [4.69, 9.17) is 10.5 Å². The molecular weight excluding hydrogens is 258 g/mol. The minimum Gasteiger partial charge on any atom is -0.497 e. The van der Waals surface area contributed by atoms with E-state index in [0.717, 1.165) is 17.7 Å². The maximum Gasteiger partial charge on any atom is 0.318 e. The summed E-state index contributed by atoms with van der Waals surface area (Å²) >= 11 is 0. The Morgan fingerprint density at radius 2 is 1.90 bits per heavy atom. The van der Waals surface area contributed by atoms with Crippen LogP contribution in [0.1, 0.15) is 31.9 Å². The molecule has 20 heavy (non-hydrogen) atoms. The summed E-state index contributed by atoms with van der Waals surface area (Å²) in [6.45, 7) is 3.70. The van der Waals surface area contributed by atoms with Crippen LogP contribution >= 0.6 is 0 Å². The number of carbonyl (C=O) groups is 2. The number of imide groups is 1. The molecule has 3 amide bonds. The maximum absolute atomic E-state index is 11.6. The minimum absolute atomic E-state index is 0.00883. The number of nitrogens with one attached hydrogen (secondary N) is 2. The van der Waals surface area contributed by atoms with Gasteiger partial charge in [0, 0.05) is 6.04 Å². The third-order valence-corrected chi connectivity index (χ3v) is 3.02. The number of urea groups is 1. The van der Waals surface area contributed by atoms with Gasteiger partial charge in [0.25, 0.3) is 0 Å². The van der Waals surface area contributed by atoms with E-state index >= 15 is 0 Å². The number of rotatable bonds is 6. The molecule has 0 aromatic heterocycles. The normalized spacial score (nSPS) is 13.3. The van der Waals surface area contributed by atoms with Crippen molar-refractivity contribution in [2.45, 2.75) is 32.4 Å². The van der Waals surface area contributed by atoms with E-state index in [0.29, 0.717) is 0 Å². The molecule has 110 valence electrons. The lowest BCUT2D eigenvalue weighted by Gasteiger charge is -2.22. The Bertz CT molecular complexity index is 459. The maximum atomic E-state index is 11.6. The molecule has 6 heteroatoms. The number of methoxy groups -OCH3 is 1. The van der Waals surface area contributed by atoms with Crippen molar-refractivity contribution in [3.63, 3.8) is 0 Å². The highest BCUT2D eigenvalue weighted by Gasteiger charge is 2.18. The summed E-state index contributed by atoms with van der Waals surface area (Å²) in [4.78, 5) is 22.3. The van der Waals surface area contributed by atoms with Crippen molar-refractivity contribution in [2.24, 2.45) is 5.73 Å². The zero-order valence-corrected chi connectivity index (χ0v) is 12.0. The summed E-state index contributed by atoms with van der Waals surface area (Å²) in [7, 11) is 1.61. The van der Waals surface area contributed by atoms with Gasteiger partial charge >= 0.3 is 6.03 Å². The molecule has 1 aromatic carbocycles. The summed E-state index contributed by atoms with van der Waals surface area (Å²) in [5.41, 5.74) is 5.97. The quantitative estimate of drug-likeness (QED) is 0.732. The number of hydrogen-bond acceptors (Lipinski definition) is 4. The third kappa shape index (κ3) is 4.55. The number of carbonyl (C=O) groups excluding carboxylic acids is 2. The van der Waals surface area contributed by atoms with Crippen LogP contribution in [0.25, 0.3) is 0 Å². The van der Waals surface area contributed by atoms with E-state index in [2.05, 4.69) is 10.6 Å². The van der Waals surface area contributed by atoms with Gasteiger partial charge in [0.05, 0.1) is 13.2 Å². The second-order valence-corrected chi connectivity index (χ2v) is 4.48. The van der Waals surface area contributed by atoms with Gasteiger partial charge < -0.3 is 10.5 Å². The Kier molecular flexibility index (Phi) is 5.99. The first-order valence-electron chi connectivity index (χ1n) is 6.48. The van der Waals surface area contributed by atoms with Gasteiger partial charge in [-0.15, -0.1) is 0 Å². The van der Waals surface area contributed by atoms with Crippen LogP contribution in [-0.4, -0.2) is 25.1 Å². The van der Waals surface area contributed by atoms with Crippen molar-refractivity contribution in [1.29, 1.82) is 0 Å². The van der Waals surface area contributed by atoms with Gasteiger partial charge in [-0.1, -0.05) is 19.1 Å². The number of primary amides is 1. The second kappa shape index (κ2) is 7.49. The van der Waals surface area contributed by atoms with Crippen molar-refractivity contribution in [2.75, 3.05) is 7.11 Å². The number of nitrogens with two attached hydrogens (primary N) is 1. The molecule has 0 saturated heterocycles. The summed E-state index contributed by atoms with van der Waals surface area (Å²) in [5.74, 6) is 0.340. The lowest BCUT2D eigenvalue weighted by molar-refractivity contribution is -0.121. The molecule has 2 atom stereocenters. The molecule has 0 saturated carbocycles. The molecule has 0 heterocycles. The van der Waals surface area contributed by atoms with Gasteiger partial charge in [0.2, 0.25) is 5.91 Å². The Labute approximate surface area is 118 Å². The topological polar surface area (TPSA) is 93.5 Å². The number of ether oxygens (including phenoxy) is 1. The fourth-order valence-electron chi connectivity index (χ4n) is 1.89. The fourth-order valence-corrected chi connectivity index (χ4v) is 1.89. The first kappa shape index (κ1) is 16.0. The molecule has 0 fully saturated rings. The van der Waals surface area contributed by atoms with Crippen LogP contribution in [-0.2, 0) is 4.79 Å². The fraction of sp³-hybridized carbons (Fsp3) is 0.429. The summed E-state index contributed by atoms with van der Waals surface area (Å²) < 4.78 is 5.11. The molecule has 0 aliphatic heterocycles.